The normalized spacial score (nSPS) is 12.4. The third kappa shape index (κ3) is 4.04. The van der Waals surface area contributed by atoms with E-state index in [1.54, 1.807) is 12.1 Å². The molecule has 0 radical (unpaired) electrons. The molecule has 2 aromatic carbocycles. The van der Waals surface area contributed by atoms with Gasteiger partial charge in [0.15, 0.2) is 0 Å². The molecule has 1 atom stereocenters. The Balaban J connectivity index is 2.26. The molecule has 0 nitrogen and oxygen atoms in total. The van der Waals surface area contributed by atoms with Gasteiger partial charge in [-0.1, -0.05) is 55.6 Å². The summed E-state index contributed by atoms with van der Waals surface area (Å²) in [6, 6.07) is 12.8. The highest BCUT2D eigenvalue weighted by molar-refractivity contribution is 9.10. The Kier molecular flexibility index (Phi) is 5.43. The Morgan fingerprint density at radius 3 is 2.63 bits per heavy atom. The summed E-state index contributed by atoms with van der Waals surface area (Å²) in [5.74, 6) is 0.0100. The Labute approximate surface area is 134 Å². The van der Waals surface area contributed by atoms with Crippen LogP contribution in [0.3, 0.4) is 0 Å². The maximum Gasteiger partial charge on any atom is 0.126 e. The van der Waals surface area contributed by atoms with E-state index in [-0.39, 0.29) is 11.7 Å². The molecule has 0 fully saturated rings. The maximum atomic E-state index is 13.8. The summed E-state index contributed by atoms with van der Waals surface area (Å²) < 4.78 is 14.8. The molecule has 0 bridgehead atoms. The van der Waals surface area contributed by atoms with Crippen molar-refractivity contribution >= 4 is 43.5 Å². The maximum absolute atomic E-state index is 13.8. The average Bonchev–Trinajstić information content (AvgIpc) is 2.39. The quantitative estimate of drug-likeness (QED) is 0.550. The molecule has 0 spiro atoms. The predicted octanol–water partition coefficient (Wildman–Crippen LogP) is 5.96. The van der Waals surface area contributed by atoms with Gasteiger partial charge >= 0.3 is 0 Å². The van der Waals surface area contributed by atoms with E-state index < -0.39 is 0 Å². The minimum atomic E-state index is -0.203. The van der Waals surface area contributed by atoms with Gasteiger partial charge in [0.2, 0.25) is 0 Å². The minimum absolute atomic E-state index is 0.203. The van der Waals surface area contributed by atoms with Crippen molar-refractivity contribution in [1.29, 1.82) is 0 Å². The van der Waals surface area contributed by atoms with Crippen LogP contribution in [0.4, 0.5) is 4.39 Å². The molecule has 0 amide bonds. The van der Waals surface area contributed by atoms with Crippen LogP contribution < -0.4 is 0 Å². The van der Waals surface area contributed by atoms with Gasteiger partial charge < -0.3 is 0 Å². The van der Waals surface area contributed by atoms with Gasteiger partial charge in [-0.2, -0.15) is 0 Å². The second-order valence-corrected chi connectivity index (χ2v) is 6.35. The number of halogens is 4. The van der Waals surface area contributed by atoms with E-state index in [9.17, 15) is 4.39 Å². The van der Waals surface area contributed by atoms with Gasteiger partial charge in [0.25, 0.3) is 0 Å². The van der Waals surface area contributed by atoms with Crippen LogP contribution in [-0.2, 0) is 6.42 Å². The molecule has 2 rings (SSSR count). The molecule has 0 aliphatic heterocycles. The van der Waals surface area contributed by atoms with Crippen molar-refractivity contribution in [2.75, 3.05) is 5.33 Å². The lowest BCUT2D eigenvalue weighted by molar-refractivity contribution is 0.599. The molecular weight excluding hydrogens is 394 g/mol. The fraction of sp³-hybridized carbons (Fsp3) is 0.200. The monoisotopic (exact) mass is 404 g/mol. The van der Waals surface area contributed by atoms with Gasteiger partial charge in [0.1, 0.15) is 5.82 Å². The Morgan fingerprint density at radius 1 is 1.16 bits per heavy atom. The molecular formula is C15H12Br2ClF. The summed E-state index contributed by atoms with van der Waals surface area (Å²) in [5, 5.41) is 1.34. The van der Waals surface area contributed by atoms with Gasteiger partial charge in [-0.25, -0.2) is 4.39 Å². The SMILES string of the molecule is Fc1ccc(Cl)cc1CC(CBr)c1cccc(Br)c1. The van der Waals surface area contributed by atoms with E-state index in [4.69, 9.17) is 11.6 Å². The minimum Gasteiger partial charge on any atom is -0.207 e. The molecule has 19 heavy (non-hydrogen) atoms. The highest BCUT2D eigenvalue weighted by Gasteiger charge is 2.14. The largest absolute Gasteiger partial charge is 0.207 e. The first-order valence-corrected chi connectivity index (χ1v) is 8.14. The van der Waals surface area contributed by atoms with Crippen molar-refractivity contribution in [2.24, 2.45) is 0 Å². The lowest BCUT2D eigenvalue weighted by atomic mass is 9.93. The van der Waals surface area contributed by atoms with Crippen LogP contribution in [0.5, 0.6) is 0 Å². The topological polar surface area (TPSA) is 0 Å². The highest BCUT2D eigenvalue weighted by Crippen LogP contribution is 2.27. The first-order valence-electron chi connectivity index (χ1n) is 5.85. The van der Waals surface area contributed by atoms with E-state index in [1.165, 1.54) is 11.6 Å². The molecule has 0 saturated heterocycles. The van der Waals surface area contributed by atoms with Gasteiger partial charge in [0, 0.05) is 14.8 Å². The number of hydrogen-bond donors (Lipinski definition) is 0. The zero-order valence-corrected chi connectivity index (χ0v) is 14.0. The second kappa shape index (κ2) is 6.87. The summed E-state index contributed by atoms with van der Waals surface area (Å²) in [5.41, 5.74) is 1.82. The van der Waals surface area contributed by atoms with E-state index in [0.29, 0.717) is 17.0 Å². The molecule has 0 aliphatic rings. The number of benzene rings is 2. The van der Waals surface area contributed by atoms with Crippen LogP contribution >= 0.6 is 43.5 Å². The van der Waals surface area contributed by atoms with Gasteiger partial charge in [-0.15, -0.1) is 0 Å². The molecule has 0 N–H and O–H groups in total. The Bertz CT molecular complexity index is 572. The first-order chi connectivity index (χ1) is 9.10. The van der Waals surface area contributed by atoms with Crippen molar-refractivity contribution < 1.29 is 4.39 Å². The van der Waals surface area contributed by atoms with Crippen LogP contribution in [0.1, 0.15) is 17.0 Å². The van der Waals surface area contributed by atoms with E-state index >= 15 is 0 Å². The molecule has 1 unspecified atom stereocenters. The smallest absolute Gasteiger partial charge is 0.126 e. The van der Waals surface area contributed by atoms with E-state index in [1.807, 2.05) is 12.1 Å². The lowest BCUT2D eigenvalue weighted by Gasteiger charge is -2.15. The van der Waals surface area contributed by atoms with Crippen molar-refractivity contribution in [3.8, 4) is 0 Å². The Hall–Kier alpha value is -0.380. The van der Waals surface area contributed by atoms with E-state index in [0.717, 1.165) is 9.80 Å². The zero-order chi connectivity index (χ0) is 13.8. The van der Waals surface area contributed by atoms with Crippen molar-refractivity contribution in [3.63, 3.8) is 0 Å². The summed E-state index contributed by atoms with van der Waals surface area (Å²) in [4.78, 5) is 0. The van der Waals surface area contributed by atoms with Gasteiger partial charge in [-0.05, 0) is 53.8 Å². The molecule has 0 aliphatic carbocycles. The summed E-state index contributed by atoms with van der Waals surface area (Å²) >= 11 is 12.9. The summed E-state index contributed by atoms with van der Waals surface area (Å²) in [7, 11) is 0. The highest BCUT2D eigenvalue weighted by atomic mass is 79.9. The van der Waals surface area contributed by atoms with E-state index in [2.05, 4.69) is 44.0 Å². The fourth-order valence-corrected chi connectivity index (χ4v) is 3.20. The lowest BCUT2D eigenvalue weighted by Crippen LogP contribution is -2.06. The van der Waals surface area contributed by atoms with Gasteiger partial charge in [0.05, 0.1) is 0 Å². The first kappa shape index (κ1) is 15.0. The second-order valence-electron chi connectivity index (χ2n) is 4.35. The Morgan fingerprint density at radius 2 is 1.95 bits per heavy atom. The fourth-order valence-electron chi connectivity index (χ4n) is 1.99. The van der Waals surface area contributed by atoms with Crippen LogP contribution in [0.2, 0.25) is 5.02 Å². The molecule has 2 aromatic rings. The van der Waals surface area contributed by atoms with Crippen LogP contribution in [0, 0.1) is 5.82 Å². The van der Waals surface area contributed by atoms with Crippen molar-refractivity contribution in [3.05, 3.63) is 68.9 Å². The zero-order valence-electron chi connectivity index (χ0n) is 10.0. The number of hydrogen-bond acceptors (Lipinski definition) is 0. The number of rotatable bonds is 4. The molecule has 4 heteroatoms. The van der Waals surface area contributed by atoms with Crippen molar-refractivity contribution in [2.45, 2.75) is 12.3 Å². The molecule has 0 heterocycles. The molecule has 0 saturated carbocycles. The third-order valence-electron chi connectivity index (χ3n) is 2.98. The molecule has 0 aromatic heterocycles. The van der Waals surface area contributed by atoms with Crippen LogP contribution in [0.15, 0.2) is 46.9 Å². The van der Waals surface area contributed by atoms with Crippen LogP contribution in [0.25, 0.3) is 0 Å². The average molecular weight is 407 g/mol. The standard InChI is InChI=1S/C15H12Br2ClF/c16-9-12(10-2-1-3-13(17)7-10)6-11-8-14(18)4-5-15(11)19/h1-5,7-8,12H,6,9H2. The summed E-state index contributed by atoms with van der Waals surface area (Å²) in [6.07, 6.45) is 0.619. The third-order valence-corrected chi connectivity index (χ3v) is 4.49. The van der Waals surface area contributed by atoms with Crippen molar-refractivity contribution in [1.82, 2.24) is 0 Å². The molecule has 100 valence electrons. The summed E-state index contributed by atoms with van der Waals surface area (Å²) in [6.45, 7) is 0. The van der Waals surface area contributed by atoms with Crippen LogP contribution in [-0.4, -0.2) is 5.33 Å². The van der Waals surface area contributed by atoms with Gasteiger partial charge in [-0.3, -0.25) is 0 Å². The predicted molar refractivity (Wildman–Crippen MR) is 85.8 cm³/mol. The number of alkyl halides is 1.